The van der Waals surface area contributed by atoms with Gasteiger partial charge >= 0.3 is 11.9 Å². The van der Waals surface area contributed by atoms with Crippen molar-refractivity contribution in [3.63, 3.8) is 0 Å². The average molecular weight is 616 g/mol. The lowest BCUT2D eigenvalue weighted by Crippen LogP contribution is -2.51. The number of amides is 2. The maximum absolute atomic E-state index is 12.6. The number of nitrogens with zero attached hydrogens (tertiary/aromatic N) is 1. The fraction of sp³-hybridized carbons (Fsp3) is 0.833. The summed E-state index contributed by atoms with van der Waals surface area (Å²) in [5.74, 6) is 1.55. The maximum atomic E-state index is 12.6. The van der Waals surface area contributed by atoms with Crippen LogP contribution in [0.1, 0.15) is 132 Å². The zero-order chi connectivity index (χ0) is 31.1. The average Bonchev–Trinajstić information content (AvgIpc) is 3.48. The summed E-state index contributed by atoms with van der Waals surface area (Å²) >= 11 is 0. The van der Waals surface area contributed by atoms with Gasteiger partial charge in [0.2, 0.25) is 0 Å². The van der Waals surface area contributed by atoms with Crippen LogP contribution in [0.4, 0.5) is 0 Å². The van der Waals surface area contributed by atoms with E-state index in [2.05, 4.69) is 40.7 Å². The van der Waals surface area contributed by atoms with Crippen LogP contribution >= 0.6 is 0 Å². The molecule has 44 heavy (non-hydrogen) atoms. The van der Waals surface area contributed by atoms with Gasteiger partial charge in [0.25, 0.3) is 11.8 Å². The molecule has 0 bridgehead atoms. The fourth-order valence-electron chi connectivity index (χ4n) is 9.93. The van der Waals surface area contributed by atoms with Crippen molar-refractivity contribution >= 4 is 23.8 Å². The zero-order valence-electron chi connectivity index (χ0n) is 26.9. The molecule has 0 spiro atoms. The Balaban J connectivity index is 0.00000442. The predicted octanol–water partition coefficient (Wildman–Crippen LogP) is 6.93. The van der Waals surface area contributed by atoms with Crippen LogP contribution in [0.5, 0.6) is 0 Å². The number of esters is 1. The number of aliphatic hydroxyl groups excluding tert-OH is 1. The highest BCUT2D eigenvalue weighted by Gasteiger charge is 2.59. The molecule has 4 fully saturated rings. The van der Waals surface area contributed by atoms with E-state index in [0.29, 0.717) is 34.1 Å². The summed E-state index contributed by atoms with van der Waals surface area (Å²) in [7, 11) is 0. The van der Waals surface area contributed by atoms with Crippen molar-refractivity contribution < 1.29 is 33.9 Å². The summed E-state index contributed by atoms with van der Waals surface area (Å²) in [6.07, 6.45) is 12.7. The van der Waals surface area contributed by atoms with Gasteiger partial charge in [0.1, 0.15) is 6.10 Å². The second-order valence-electron chi connectivity index (χ2n) is 15.3. The van der Waals surface area contributed by atoms with Crippen molar-refractivity contribution in [3.8, 4) is 0 Å². The SMILES string of the molecule is C.CC(CC[C@H](O)C(C)C)[C@H]1CCC2C3CC=C4C[C@@H](OC(=O)CCC(=O)ON5C(=O)CCC5=O)CC[C@]4(C)C3CC[C@@]21C. The Labute approximate surface area is 264 Å². The van der Waals surface area contributed by atoms with Crippen LogP contribution < -0.4 is 0 Å². The van der Waals surface area contributed by atoms with Gasteiger partial charge in [-0.25, -0.2) is 4.79 Å². The highest BCUT2D eigenvalue weighted by atomic mass is 16.7. The molecule has 0 radical (unpaired) electrons. The van der Waals surface area contributed by atoms with Crippen molar-refractivity contribution in [1.29, 1.82) is 0 Å². The van der Waals surface area contributed by atoms with E-state index in [1.54, 1.807) is 0 Å². The van der Waals surface area contributed by atoms with Gasteiger partial charge in [-0.1, -0.05) is 53.7 Å². The van der Waals surface area contributed by atoms with Crippen LogP contribution in [-0.4, -0.2) is 46.1 Å². The third-order valence-corrected chi connectivity index (χ3v) is 12.5. The van der Waals surface area contributed by atoms with Crippen molar-refractivity contribution in [2.24, 2.45) is 46.3 Å². The van der Waals surface area contributed by atoms with Gasteiger partial charge in [-0.05, 0) is 104 Å². The van der Waals surface area contributed by atoms with Crippen LogP contribution in [0.2, 0.25) is 0 Å². The first-order valence-corrected chi connectivity index (χ1v) is 17.0. The summed E-state index contributed by atoms with van der Waals surface area (Å²) < 4.78 is 5.81. The molecule has 0 aromatic rings. The topological polar surface area (TPSA) is 110 Å². The zero-order valence-corrected chi connectivity index (χ0v) is 26.9. The Kier molecular flexibility index (Phi) is 10.7. The smallest absolute Gasteiger partial charge is 0.333 e. The molecule has 5 rings (SSSR count). The van der Waals surface area contributed by atoms with Gasteiger partial charge < -0.3 is 14.7 Å². The van der Waals surface area contributed by atoms with E-state index in [1.807, 2.05) is 0 Å². The summed E-state index contributed by atoms with van der Waals surface area (Å²) in [5, 5.41) is 10.9. The molecule has 3 saturated carbocycles. The van der Waals surface area contributed by atoms with E-state index in [-0.39, 0.29) is 50.7 Å². The minimum Gasteiger partial charge on any atom is -0.462 e. The number of hydrogen-bond donors (Lipinski definition) is 1. The number of imide groups is 1. The summed E-state index contributed by atoms with van der Waals surface area (Å²) in [5.41, 5.74) is 1.97. The van der Waals surface area contributed by atoms with E-state index in [4.69, 9.17) is 9.57 Å². The fourth-order valence-corrected chi connectivity index (χ4v) is 9.93. The molecule has 2 amide bonds. The number of carbonyl (C=O) groups is 4. The number of allylic oxidation sites excluding steroid dienone is 1. The first kappa shape index (κ1) is 34.6. The molecule has 8 heteroatoms. The first-order chi connectivity index (χ1) is 20.3. The van der Waals surface area contributed by atoms with Gasteiger partial charge in [-0.2, -0.15) is 0 Å². The molecular weight excluding hydrogens is 558 g/mol. The molecule has 1 heterocycles. The second kappa shape index (κ2) is 13.6. The third-order valence-electron chi connectivity index (χ3n) is 12.5. The van der Waals surface area contributed by atoms with Crippen molar-refractivity contribution in [1.82, 2.24) is 5.06 Å². The largest absolute Gasteiger partial charge is 0.462 e. The van der Waals surface area contributed by atoms with Crippen LogP contribution in [0.25, 0.3) is 0 Å². The number of hydroxylamine groups is 2. The van der Waals surface area contributed by atoms with Crippen LogP contribution in [0.3, 0.4) is 0 Å². The molecular formula is C36H57NO7. The molecule has 0 aromatic heterocycles. The number of aliphatic hydroxyl groups is 1. The Bertz CT molecular complexity index is 1120. The lowest BCUT2D eigenvalue weighted by atomic mass is 9.47. The van der Waals surface area contributed by atoms with Gasteiger partial charge in [0, 0.05) is 19.3 Å². The maximum Gasteiger partial charge on any atom is 0.333 e. The molecule has 8 nitrogen and oxygen atoms in total. The van der Waals surface area contributed by atoms with Crippen LogP contribution in [0, 0.1) is 46.3 Å². The number of ether oxygens (including phenoxy) is 1. The number of rotatable bonds is 10. The molecule has 5 aliphatic rings. The first-order valence-electron chi connectivity index (χ1n) is 17.0. The Hall–Kier alpha value is -2.22. The second-order valence-corrected chi connectivity index (χ2v) is 15.3. The molecule has 1 saturated heterocycles. The normalized spacial score (nSPS) is 36.0. The van der Waals surface area contributed by atoms with Crippen molar-refractivity contribution in [3.05, 3.63) is 11.6 Å². The molecule has 1 N–H and O–H groups in total. The van der Waals surface area contributed by atoms with E-state index in [1.165, 1.54) is 31.3 Å². The van der Waals surface area contributed by atoms with Crippen molar-refractivity contribution in [2.75, 3.05) is 0 Å². The Morgan fingerprint density at radius 2 is 1.64 bits per heavy atom. The summed E-state index contributed by atoms with van der Waals surface area (Å²) in [4.78, 5) is 52.9. The molecule has 0 aromatic carbocycles. The van der Waals surface area contributed by atoms with Gasteiger partial charge in [0.15, 0.2) is 0 Å². The number of hydrogen-bond acceptors (Lipinski definition) is 7. The van der Waals surface area contributed by atoms with Gasteiger partial charge in [0.05, 0.1) is 18.9 Å². The number of carbonyl (C=O) groups excluding carboxylic acids is 4. The minimum atomic E-state index is -0.779. The van der Waals surface area contributed by atoms with Crippen LogP contribution in [0.15, 0.2) is 11.6 Å². The molecule has 4 unspecified atom stereocenters. The third kappa shape index (κ3) is 6.66. The lowest BCUT2D eigenvalue weighted by molar-refractivity contribution is -0.197. The lowest BCUT2D eigenvalue weighted by Gasteiger charge is -2.58. The quantitative estimate of drug-likeness (QED) is 0.161. The Morgan fingerprint density at radius 1 is 0.955 bits per heavy atom. The standard InChI is InChI=1S/C35H53NO7.CH4/c1-21(2)29(37)11-6-22(3)26-9-10-27-25-8-7-23-20-24(16-18-34(23,4)28(25)17-19-35(26,27)5)42-32(40)14-15-33(41)43-36-30(38)12-13-31(36)39;/h7,21-22,24-29,37H,6,8-20H2,1-5H3;1H4/t22?,24-,25?,26+,27?,28?,29-,34-,35+;/m0./s1. The highest BCUT2D eigenvalue weighted by Crippen LogP contribution is 2.67. The number of fused-ring (bicyclic) bond motifs is 5. The summed E-state index contributed by atoms with van der Waals surface area (Å²) in [6.45, 7) is 11.7. The highest BCUT2D eigenvalue weighted by molar-refractivity contribution is 6.01. The molecule has 1 aliphatic heterocycles. The molecule has 248 valence electrons. The molecule has 4 aliphatic carbocycles. The summed E-state index contributed by atoms with van der Waals surface area (Å²) in [6, 6.07) is 0. The van der Waals surface area contributed by atoms with E-state index < -0.39 is 23.8 Å². The predicted molar refractivity (Wildman–Crippen MR) is 167 cm³/mol. The van der Waals surface area contributed by atoms with Gasteiger partial charge in [-0.3, -0.25) is 14.4 Å². The van der Waals surface area contributed by atoms with E-state index in [9.17, 15) is 24.3 Å². The van der Waals surface area contributed by atoms with Gasteiger partial charge in [-0.15, -0.1) is 5.06 Å². The minimum absolute atomic E-state index is 0. The monoisotopic (exact) mass is 615 g/mol. The molecule has 9 atom stereocenters. The van der Waals surface area contributed by atoms with Crippen molar-refractivity contribution in [2.45, 2.75) is 144 Å². The Morgan fingerprint density at radius 3 is 2.32 bits per heavy atom. The van der Waals surface area contributed by atoms with E-state index in [0.717, 1.165) is 50.4 Å². The van der Waals surface area contributed by atoms with Crippen LogP contribution in [-0.2, 0) is 28.8 Å². The van der Waals surface area contributed by atoms with E-state index >= 15 is 0 Å².